The Hall–Kier alpha value is -3.09. The second kappa shape index (κ2) is 10.9. The molecule has 2 aromatic heterocycles. The lowest BCUT2D eigenvalue weighted by atomic mass is 10.1. The Morgan fingerprint density at radius 1 is 0.750 bits per heavy atom. The summed E-state index contributed by atoms with van der Waals surface area (Å²) in [7, 11) is 0. The van der Waals surface area contributed by atoms with Crippen LogP contribution in [0.5, 0.6) is 0 Å². The van der Waals surface area contributed by atoms with Crippen LogP contribution >= 0.6 is 22.7 Å². The van der Waals surface area contributed by atoms with E-state index in [0.717, 1.165) is 29.1 Å². The number of aliphatic hydroxyl groups is 1. The van der Waals surface area contributed by atoms with Crippen molar-refractivity contribution in [3.8, 4) is 21.1 Å². The lowest BCUT2D eigenvalue weighted by molar-refractivity contribution is -0.138. The van der Waals surface area contributed by atoms with Gasteiger partial charge < -0.3 is 5.11 Å². The minimum absolute atomic E-state index is 0.107. The standard InChI is InChI=1S/C12H10F3NOS.C12H8F3NOS/c2*1-7-10(6-17)18-11(16-7)8-2-4-9(5-3-8)12(13,14)15/h2-5,17H,6H2,1H3;2-6H,1H3. The first-order chi connectivity index (χ1) is 16.8. The number of rotatable bonds is 4. The number of hydrogen-bond donors (Lipinski definition) is 1. The largest absolute Gasteiger partial charge is 0.416 e. The third-order valence-corrected chi connectivity index (χ3v) is 7.22. The van der Waals surface area contributed by atoms with E-state index in [1.807, 2.05) is 0 Å². The zero-order chi connectivity index (χ0) is 26.7. The van der Waals surface area contributed by atoms with Gasteiger partial charge in [-0.25, -0.2) is 9.97 Å². The summed E-state index contributed by atoms with van der Waals surface area (Å²) < 4.78 is 74.4. The van der Waals surface area contributed by atoms with Gasteiger partial charge in [0.25, 0.3) is 0 Å². The molecule has 36 heavy (non-hydrogen) atoms. The predicted octanol–water partition coefficient (Wildman–Crippen LogP) is 7.58. The van der Waals surface area contributed by atoms with Crippen LogP contribution < -0.4 is 0 Å². The molecule has 0 unspecified atom stereocenters. The second-order valence-electron chi connectivity index (χ2n) is 7.42. The molecule has 4 nitrogen and oxygen atoms in total. The molecule has 0 aliphatic heterocycles. The van der Waals surface area contributed by atoms with Gasteiger partial charge in [-0.15, -0.1) is 22.7 Å². The smallest absolute Gasteiger partial charge is 0.391 e. The summed E-state index contributed by atoms with van der Waals surface area (Å²) >= 11 is 2.45. The van der Waals surface area contributed by atoms with Crippen molar-refractivity contribution in [2.24, 2.45) is 0 Å². The van der Waals surface area contributed by atoms with E-state index in [4.69, 9.17) is 5.11 Å². The first-order valence-electron chi connectivity index (χ1n) is 10.2. The summed E-state index contributed by atoms with van der Waals surface area (Å²) in [5, 5.41) is 10.2. The fourth-order valence-corrected chi connectivity index (χ4v) is 4.76. The number of aldehydes is 1. The number of carbonyl (C=O) groups is 1. The number of hydrogen-bond acceptors (Lipinski definition) is 6. The Morgan fingerprint density at radius 3 is 1.50 bits per heavy atom. The Labute approximate surface area is 209 Å². The van der Waals surface area contributed by atoms with Crippen LogP contribution in [-0.4, -0.2) is 21.4 Å². The van der Waals surface area contributed by atoms with Crippen molar-refractivity contribution in [2.45, 2.75) is 32.8 Å². The topological polar surface area (TPSA) is 63.1 Å². The average Bonchev–Trinajstić information content (AvgIpc) is 3.40. The first-order valence-corrected chi connectivity index (χ1v) is 11.8. The van der Waals surface area contributed by atoms with Gasteiger partial charge in [0.15, 0.2) is 6.29 Å². The second-order valence-corrected chi connectivity index (χ2v) is 9.54. The van der Waals surface area contributed by atoms with Gasteiger partial charge in [0.2, 0.25) is 0 Å². The van der Waals surface area contributed by atoms with Crippen molar-refractivity contribution in [3.05, 3.63) is 80.8 Å². The zero-order valence-electron chi connectivity index (χ0n) is 18.7. The van der Waals surface area contributed by atoms with Gasteiger partial charge in [-0.05, 0) is 38.1 Å². The van der Waals surface area contributed by atoms with Crippen molar-refractivity contribution in [3.63, 3.8) is 0 Å². The SMILES string of the molecule is Cc1nc(-c2ccc(C(F)(F)F)cc2)sc1C=O.Cc1nc(-c2ccc(C(F)(F)F)cc2)sc1CO. The molecule has 1 N–H and O–H groups in total. The fourth-order valence-electron chi connectivity index (χ4n) is 2.94. The summed E-state index contributed by atoms with van der Waals surface area (Å²) in [4.78, 5) is 20.3. The molecule has 4 aromatic rings. The summed E-state index contributed by atoms with van der Waals surface area (Å²) in [6, 6.07) is 9.57. The lowest BCUT2D eigenvalue weighted by Crippen LogP contribution is -2.03. The Kier molecular flexibility index (Phi) is 8.32. The summed E-state index contributed by atoms with van der Waals surface area (Å²) in [5.74, 6) is 0. The minimum atomic E-state index is -4.34. The molecule has 0 saturated heterocycles. The number of alkyl halides is 6. The molecule has 0 bridgehead atoms. The van der Waals surface area contributed by atoms with E-state index >= 15 is 0 Å². The van der Waals surface area contributed by atoms with Gasteiger partial charge in [-0.2, -0.15) is 26.3 Å². The van der Waals surface area contributed by atoms with Gasteiger partial charge in [0, 0.05) is 11.1 Å². The van der Waals surface area contributed by atoms with Crippen molar-refractivity contribution in [2.75, 3.05) is 0 Å². The molecule has 0 fully saturated rings. The van der Waals surface area contributed by atoms with Gasteiger partial charge in [0.05, 0.1) is 38.9 Å². The predicted molar refractivity (Wildman–Crippen MR) is 126 cm³/mol. The highest BCUT2D eigenvalue weighted by Crippen LogP contribution is 2.34. The maximum absolute atomic E-state index is 12.4. The number of benzene rings is 2. The minimum Gasteiger partial charge on any atom is -0.391 e. The monoisotopic (exact) mass is 544 g/mol. The van der Waals surface area contributed by atoms with Crippen molar-refractivity contribution in [1.29, 1.82) is 0 Å². The van der Waals surface area contributed by atoms with E-state index in [1.165, 1.54) is 46.9 Å². The lowest BCUT2D eigenvalue weighted by Gasteiger charge is -2.06. The number of thiazole rings is 2. The van der Waals surface area contributed by atoms with Crippen LogP contribution in [0.2, 0.25) is 0 Å². The Bertz CT molecular complexity index is 1320. The van der Waals surface area contributed by atoms with Crippen molar-refractivity contribution in [1.82, 2.24) is 9.97 Å². The molecule has 0 aliphatic carbocycles. The van der Waals surface area contributed by atoms with Gasteiger partial charge in [-0.3, -0.25) is 4.79 Å². The third-order valence-electron chi connectivity index (χ3n) is 4.89. The molecule has 0 radical (unpaired) electrons. The maximum Gasteiger partial charge on any atom is 0.416 e. The van der Waals surface area contributed by atoms with Crippen LogP contribution in [0, 0.1) is 13.8 Å². The number of aryl methyl sites for hydroxylation is 2. The highest BCUT2D eigenvalue weighted by Gasteiger charge is 2.31. The fraction of sp³-hybridized carbons (Fsp3) is 0.208. The first kappa shape index (κ1) is 27.5. The number of aromatic nitrogens is 2. The molecular weight excluding hydrogens is 526 g/mol. The van der Waals surface area contributed by atoms with E-state index in [9.17, 15) is 31.1 Å². The van der Waals surface area contributed by atoms with Crippen molar-refractivity contribution < 1.29 is 36.2 Å². The summed E-state index contributed by atoms with van der Waals surface area (Å²) in [5.41, 5.74) is 1.11. The normalized spacial score (nSPS) is 11.7. The molecule has 4 rings (SSSR count). The van der Waals surface area contributed by atoms with Crippen LogP contribution in [0.4, 0.5) is 26.3 Å². The van der Waals surface area contributed by atoms with Gasteiger partial charge in [-0.1, -0.05) is 24.3 Å². The molecule has 12 heteroatoms. The molecule has 0 saturated carbocycles. The number of carbonyl (C=O) groups excluding carboxylic acids is 1. The van der Waals surface area contributed by atoms with Crippen LogP contribution in [0.25, 0.3) is 21.1 Å². The van der Waals surface area contributed by atoms with Crippen LogP contribution in [-0.2, 0) is 19.0 Å². The Morgan fingerprint density at radius 2 is 1.17 bits per heavy atom. The summed E-state index contributed by atoms with van der Waals surface area (Å²) in [6.07, 6.45) is -7.97. The highest BCUT2D eigenvalue weighted by molar-refractivity contribution is 7.16. The molecule has 0 aliphatic rings. The van der Waals surface area contributed by atoms with E-state index in [0.29, 0.717) is 43.7 Å². The van der Waals surface area contributed by atoms with Crippen LogP contribution in [0.1, 0.15) is 37.1 Å². The maximum atomic E-state index is 12.4. The molecule has 0 atom stereocenters. The molecule has 2 aromatic carbocycles. The van der Waals surface area contributed by atoms with Gasteiger partial charge in [0.1, 0.15) is 10.0 Å². The van der Waals surface area contributed by atoms with E-state index < -0.39 is 23.5 Å². The van der Waals surface area contributed by atoms with Crippen LogP contribution in [0.15, 0.2) is 48.5 Å². The summed E-state index contributed by atoms with van der Waals surface area (Å²) in [6.45, 7) is 3.34. The molecule has 0 amide bonds. The molecular formula is C24H18F6N2O2S2. The zero-order valence-corrected chi connectivity index (χ0v) is 20.4. The number of halogens is 6. The van der Waals surface area contributed by atoms with Gasteiger partial charge >= 0.3 is 12.4 Å². The number of aliphatic hydroxyl groups excluding tert-OH is 1. The number of nitrogens with zero attached hydrogens (tertiary/aromatic N) is 2. The molecule has 2 heterocycles. The van der Waals surface area contributed by atoms with Crippen LogP contribution in [0.3, 0.4) is 0 Å². The molecule has 190 valence electrons. The van der Waals surface area contributed by atoms with Crippen molar-refractivity contribution >= 4 is 29.0 Å². The average molecular weight is 545 g/mol. The third kappa shape index (κ3) is 6.56. The van der Waals surface area contributed by atoms with E-state index in [2.05, 4.69) is 9.97 Å². The quantitative estimate of drug-likeness (QED) is 0.213. The van der Waals surface area contributed by atoms with E-state index in [-0.39, 0.29) is 6.61 Å². The van der Waals surface area contributed by atoms with E-state index in [1.54, 1.807) is 13.8 Å². The molecule has 0 spiro atoms. The highest BCUT2D eigenvalue weighted by atomic mass is 32.1. The Balaban J connectivity index is 0.000000201.